The van der Waals surface area contributed by atoms with Gasteiger partial charge in [0.25, 0.3) is 17.7 Å². The van der Waals surface area contributed by atoms with Gasteiger partial charge < -0.3 is 21.1 Å². The summed E-state index contributed by atoms with van der Waals surface area (Å²) in [5.74, 6) is -5.55. The van der Waals surface area contributed by atoms with E-state index in [1.54, 1.807) is 12.1 Å². The van der Waals surface area contributed by atoms with Crippen LogP contribution in [0, 0.1) is 11.6 Å². The number of carbonyl (C=O) groups excluding carboxylic acids is 3. The molecule has 3 aromatic rings. The molecule has 5 N–H and O–H groups in total. The van der Waals surface area contributed by atoms with Crippen molar-refractivity contribution in [3.05, 3.63) is 81.5 Å². The molecule has 13 heteroatoms. The van der Waals surface area contributed by atoms with Gasteiger partial charge in [-0.05, 0) is 29.8 Å². The van der Waals surface area contributed by atoms with Gasteiger partial charge in [0.1, 0.15) is 12.4 Å². The van der Waals surface area contributed by atoms with Crippen molar-refractivity contribution in [2.45, 2.75) is 6.54 Å². The van der Waals surface area contributed by atoms with E-state index in [1.165, 1.54) is 18.2 Å². The number of carbonyl (C=O) groups is 4. The third-order valence-corrected chi connectivity index (χ3v) is 4.70. The lowest BCUT2D eigenvalue weighted by Gasteiger charge is -2.06. The van der Waals surface area contributed by atoms with Gasteiger partial charge in [0, 0.05) is 18.2 Å². The van der Waals surface area contributed by atoms with Gasteiger partial charge >= 0.3 is 5.97 Å². The summed E-state index contributed by atoms with van der Waals surface area (Å²) in [5.41, 5.74) is 0.544. The number of carboxylic acids is 1. The Morgan fingerprint density at radius 2 is 1.62 bits per heavy atom. The van der Waals surface area contributed by atoms with E-state index in [0.717, 1.165) is 0 Å². The maximum atomic E-state index is 13.4. The van der Waals surface area contributed by atoms with Crippen LogP contribution in [-0.2, 0) is 11.3 Å². The molecule has 3 rings (SSSR count). The van der Waals surface area contributed by atoms with Gasteiger partial charge in [-0.15, -0.1) is 0 Å². The molecular formula is C21H16ClF2N5O5. The summed E-state index contributed by atoms with van der Waals surface area (Å²) in [6.07, 6.45) is 0. The van der Waals surface area contributed by atoms with Gasteiger partial charge in [-0.25, -0.2) is 8.78 Å². The van der Waals surface area contributed by atoms with Crippen LogP contribution in [0.2, 0.25) is 5.02 Å². The molecular weight excluding hydrogens is 476 g/mol. The first kappa shape index (κ1) is 24.3. The van der Waals surface area contributed by atoms with E-state index < -0.39 is 41.9 Å². The number of benzene rings is 2. The van der Waals surface area contributed by atoms with Crippen molar-refractivity contribution in [1.29, 1.82) is 0 Å². The third kappa shape index (κ3) is 6.13. The van der Waals surface area contributed by atoms with Gasteiger partial charge in [-0.3, -0.25) is 24.3 Å². The molecule has 0 aliphatic heterocycles. The number of hydrogen-bond acceptors (Lipinski definition) is 5. The monoisotopic (exact) mass is 491 g/mol. The molecule has 34 heavy (non-hydrogen) atoms. The van der Waals surface area contributed by atoms with Crippen LogP contribution in [0.15, 0.2) is 42.5 Å². The fourth-order valence-corrected chi connectivity index (χ4v) is 2.93. The Kier molecular flexibility index (Phi) is 7.53. The fraction of sp³-hybridized carbons (Fsp3) is 0.0952. The van der Waals surface area contributed by atoms with E-state index in [1.807, 2.05) is 0 Å². The standard InChI is InChI=1S/C21H16ClF2N5O5/c22-13-6-15(24)14(23)5-12(13)20(33)27-17-7-16(28-29-17)21(34)25-8-10-1-3-11(4-2-10)19(32)26-9-18(30)31/h1-7H,8-9H2,(H,25,34)(H,26,32)(H,30,31)(H2,27,28,29,33). The second-order valence-electron chi connectivity index (χ2n) is 6.82. The zero-order valence-corrected chi connectivity index (χ0v) is 17.9. The summed E-state index contributed by atoms with van der Waals surface area (Å²) in [4.78, 5) is 46.9. The molecule has 0 spiro atoms. The minimum Gasteiger partial charge on any atom is -0.480 e. The topological polar surface area (TPSA) is 153 Å². The highest BCUT2D eigenvalue weighted by molar-refractivity contribution is 6.34. The molecule has 0 atom stereocenters. The normalized spacial score (nSPS) is 10.4. The highest BCUT2D eigenvalue weighted by Crippen LogP contribution is 2.21. The average Bonchev–Trinajstić information content (AvgIpc) is 3.27. The van der Waals surface area contributed by atoms with Crippen molar-refractivity contribution in [1.82, 2.24) is 20.8 Å². The van der Waals surface area contributed by atoms with Gasteiger partial charge in [0.15, 0.2) is 17.3 Å². The van der Waals surface area contributed by atoms with Crippen LogP contribution in [0.3, 0.4) is 0 Å². The number of aromatic nitrogens is 2. The first-order chi connectivity index (χ1) is 16.1. The molecule has 0 bridgehead atoms. The minimum atomic E-state index is -1.24. The number of anilines is 1. The number of aliphatic carboxylic acids is 1. The van der Waals surface area contributed by atoms with E-state index in [2.05, 4.69) is 26.1 Å². The molecule has 176 valence electrons. The van der Waals surface area contributed by atoms with Crippen LogP contribution in [0.1, 0.15) is 36.8 Å². The number of rotatable bonds is 8. The predicted molar refractivity (Wildman–Crippen MR) is 115 cm³/mol. The summed E-state index contributed by atoms with van der Waals surface area (Å²) in [7, 11) is 0. The fourth-order valence-electron chi connectivity index (χ4n) is 2.69. The average molecular weight is 492 g/mol. The van der Waals surface area contributed by atoms with E-state index in [4.69, 9.17) is 16.7 Å². The van der Waals surface area contributed by atoms with Crippen LogP contribution in [0.25, 0.3) is 0 Å². The lowest BCUT2D eigenvalue weighted by Crippen LogP contribution is -2.29. The van der Waals surface area contributed by atoms with E-state index >= 15 is 0 Å². The Labute approximate surface area is 195 Å². The Morgan fingerprint density at radius 3 is 2.29 bits per heavy atom. The Morgan fingerprint density at radius 1 is 0.941 bits per heavy atom. The summed E-state index contributed by atoms with van der Waals surface area (Å²) in [6.45, 7) is -0.411. The number of halogens is 3. The molecule has 2 aromatic carbocycles. The number of nitrogens with zero attached hydrogens (tertiary/aromatic N) is 1. The van der Waals surface area contributed by atoms with Crippen molar-refractivity contribution in [3.63, 3.8) is 0 Å². The lowest BCUT2D eigenvalue weighted by molar-refractivity contribution is -0.135. The largest absolute Gasteiger partial charge is 0.480 e. The molecule has 0 saturated heterocycles. The van der Waals surface area contributed by atoms with Crippen molar-refractivity contribution in [2.24, 2.45) is 0 Å². The third-order valence-electron chi connectivity index (χ3n) is 4.38. The van der Waals surface area contributed by atoms with Crippen LogP contribution >= 0.6 is 11.6 Å². The Hall–Kier alpha value is -4.32. The number of nitrogens with one attached hydrogen (secondary N) is 4. The molecule has 0 fully saturated rings. The van der Waals surface area contributed by atoms with Gasteiger partial charge in [0.05, 0.1) is 10.6 Å². The molecule has 1 heterocycles. The maximum Gasteiger partial charge on any atom is 0.322 e. The first-order valence-electron chi connectivity index (χ1n) is 9.52. The Balaban J connectivity index is 1.55. The van der Waals surface area contributed by atoms with Crippen LogP contribution in [0.4, 0.5) is 14.6 Å². The van der Waals surface area contributed by atoms with Crippen molar-refractivity contribution in [3.8, 4) is 0 Å². The highest BCUT2D eigenvalue weighted by Gasteiger charge is 2.17. The zero-order valence-electron chi connectivity index (χ0n) is 17.1. The van der Waals surface area contributed by atoms with Crippen LogP contribution in [0.5, 0.6) is 0 Å². The smallest absolute Gasteiger partial charge is 0.322 e. The van der Waals surface area contributed by atoms with Crippen molar-refractivity contribution < 1.29 is 33.1 Å². The lowest BCUT2D eigenvalue weighted by atomic mass is 10.1. The first-order valence-corrected chi connectivity index (χ1v) is 9.90. The molecule has 0 radical (unpaired) electrons. The molecule has 3 amide bonds. The summed E-state index contributed by atoms with van der Waals surface area (Å²) >= 11 is 5.77. The molecule has 0 unspecified atom stereocenters. The second-order valence-corrected chi connectivity index (χ2v) is 7.23. The number of amides is 3. The van der Waals surface area contributed by atoms with Gasteiger partial charge in [-0.2, -0.15) is 5.10 Å². The highest BCUT2D eigenvalue weighted by atomic mass is 35.5. The van der Waals surface area contributed by atoms with E-state index in [0.29, 0.717) is 17.7 Å². The number of H-pyrrole nitrogens is 1. The molecule has 0 aliphatic carbocycles. The number of hydrogen-bond donors (Lipinski definition) is 5. The molecule has 10 nitrogen and oxygen atoms in total. The zero-order chi connectivity index (χ0) is 24.8. The van der Waals surface area contributed by atoms with Crippen LogP contribution < -0.4 is 16.0 Å². The Bertz CT molecular complexity index is 1260. The second kappa shape index (κ2) is 10.5. The van der Waals surface area contributed by atoms with E-state index in [9.17, 15) is 28.0 Å². The van der Waals surface area contributed by atoms with Crippen molar-refractivity contribution >= 4 is 41.1 Å². The minimum absolute atomic E-state index is 0.0210. The summed E-state index contributed by atoms with van der Waals surface area (Å²) in [6, 6.07) is 8.67. The number of aromatic amines is 1. The number of carboxylic acid groups (broad SMARTS) is 1. The van der Waals surface area contributed by atoms with Crippen LogP contribution in [-0.4, -0.2) is 45.5 Å². The molecule has 0 saturated carbocycles. The summed E-state index contributed by atoms with van der Waals surface area (Å²) in [5, 5.41) is 21.7. The van der Waals surface area contributed by atoms with Crippen molar-refractivity contribution in [2.75, 3.05) is 11.9 Å². The predicted octanol–water partition coefficient (Wildman–Crippen LogP) is 2.34. The maximum absolute atomic E-state index is 13.4. The molecule has 1 aromatic heterocycles. The van der Waals surface area contributed by atoms with Gasteiger partial charge in [-0.1, -0.05) is 23.7 Å². The SMILES string of the molecule is O=C(O)CNC(=O)c1ccc(CNC(=O)c2cc(NC(=O)c3cc(F)c(F)cc3Cl)[nH]n2)cc1. The quantitative estimate of drug-likeness (QED) is 0.305. The molecule has 0 aliphatic rings. The van der Waals surface area contributed by atoms with Gasteiger partial charge in [0.2, 0.25) is 0 Å². The summed E-state index contributed by atoms with van der Waals surface area (Å²) < 4.78 is 26.6. The van der Waals surface area contributed by atoms with E-state index in [-0.39, 0.29) is 34.2 Å².